The lowest BCUT2D eigenvalue weighted by molar-refractivity contribution is 0.196. The van der Waals surface area contributed by atoms with E-state index in [0.29, 0.717) is 23.7 Å². The van der Waals surface area contributed by atoms with Gasteiger partial charge in [0, 0.05) is 30.9 Å². The number of rotatable bonds is 5. The van der Waals surface area contributed by atoms with E-state index < -0.39 is 0 Å². The standard InChI is InChI=1S/C22H29N3O3/c1-15-7-8-17(12-16(15)2)23-18-6-5-11-25(14-18)22(26)24-20-10-9-19(27-3)13-21(20)28-4/h7-10,12-13,18,23H,5-6,11,14H2,1-4H3,(H,24,26)/t18-/m0/s1. The maximum atomic E-state index is 12.8. The number of carbonyl (C=O) groups is 1. The maximum Gasteiger partial charge on any atom is 0.322 e. The molecule has 0 aromatic heterocycles. The van der Waals surface area contributed by atoms with Crippen molar-refractivity contribution in [2.45, 2.75) is 32.7 Å². The van der Waals surface area contributed by atoms with Crippen LogP contribution in [0.1, 0.15) is 24.0 Å². The summed E-state index contributed by atoms with van der Waals surface area (Å²) in [5.41, 5.74) is 4.29. The Kier molecular flexibility index (Phi) is 6.29. The van der Waals surface area contributed by atoms with E-state index in [1.807, 2.05) is 4.90 Å². The second-order valence-electron chi connectivity index (χ2n) is 7.22. The van der Waals surface area contributed by atoms with Crippen molar-refractivity contribution in [2.75, 3.05) is 37.9 Å². The second kappa shape index (κ2) is 8.87. The van der Waals surface area contributed by atoms with Crippen LogP contribution < -0.4 is 20.1 Å². The number of hydrogen-bond acceptors (Lipinski definition) is 4. The van der Waals surface area contributed by atoms with Crippen LogP contribution in [0.2, 0.25) is 0 Å². The van der Waals surface area contributed by atoms with E-state index in [9.17, 15) is 4.79 Å². The Balaban J connectivity index is 1.63. The molecule has 0 aliphatic carbocycles. The van der Waals surface area contributed by atoms with Gasteiger partial charge in [-0.2, -0.15) is 0 Å². The van der Waals surface area contributed by atoms with E-state index in [1.165, 1.54) is 11.1 Å². The minimum Gasteiger partial charge on any atom is -0.497 e. The molecule has 1 saturated heterocycles. The molecule has 2 amide bonds. The Hall–Kier alpha value is -2.89. The molecule has 1 atom stereocenters. The zero-order chi connectivity index (χ0) is 20.1. The van der Waals surface area contributed by atoms with Gasteiger partial charge in [0.25, 0.3) is 0 Å². The Bertz CT molecular complexity index is 838. The van der Waals surface area contributed by atoms with Gasteiger partial charge in [-0.25, -0.2) is 4.79 Å². The fraction of sp³-hybridized carbons (Fsp3) is 0.409. The van der Waals surface area contributed by atoms with Crippen LogP contribution in [-0.4, -0.2) is 44.3 Å². The van der Waals surface area contributed by atoms with Gasteiger partial charge in [-0.1, -0.05) is 6.07 Å². The Morgan fingerprint density at radius 2 is 1.89 bits per heavy atom. The molecule has 6 nitrogen and oxygen atoms in total. The SMILES string of the molecule is COc1ccc(NC(=O)N2CCC[C@H](Nc3ccc(C)c(C)c3)C2)c(OC)c1. The van der Waals surface area contributed by atoms with Crippen LogP contribution in [0.4, 0.5) is 16.2 Å². The number of carbonyl (C=O) groups excluding carboxylic acids is 1. The molecular weight excluding hydrogens is 354 g/mol. The first-order valence-corrected chi connectivity index (χ1v) is 9.62. The predicted octanol–water partition coefficient (Wildman–Crippen LogP) is 4.43. The third-order valence-electron chi connectivity index (χ3n) is 5.24. The average Bonchev–Trinajstić information content (AvgIpc) is 2.71. The van der Waals surface area contributed by atoms with Crippen molar-refractivity contribution >= 4 is 17.4 Å². The van der Waals surface area contributed by atoms with E-state index >= 15 is 0 Å². The summed E-state index contributed by atoms with van der Waals surface area (Å²) in [7, 11) is 3.18. The summed E-state index contributed by atoms with van der Waals surface area (Å²) in [6, 6.07) is 11.9. The first kappa shape index (κ1) is 19.9. The molecule has 6 heteroatoms. The highest BCUT2D eigenvalue weighted by atomic mass is 16.5. The zero-order valence-electron chi connectivity index (χ0n) is 17.0. The number of anilines is 2. The molecule has 3 rings (SSSR count). The molecule has 0 bridgehead atoms. The summed E-state index contributed by atoms with van der Waals surface area (Å²) in [5.74, 6) is 1.26. The molecular formula is C22H29N3O3. The van der Waals surface area contributed by atoms with Crippen molar-refractivity contribution in [3.05, 3.63) is 47.5 Å². The van der Waals surface area contributed by atoms with E-state index in [-0.39, 0.29) is 12.1 Å². The topological polar surface area (TPSA) is 62.8 Å². The zero-order valence-corrected chi connectivity index (χ0v) is 17.0. The van der Waals surface area contributed by atoms with Crippen LogP contribution in [0.15, 0.2) is 36.4 Å². The lowest BCUT2D eigenvalue weighted by Gasteiger charge is -2.34. The smallest absolute Gasteiger partial charge is 0.322 e. The Morgan fingerprint density at radius 3 is 2.61 bits per heavy atom. The number of ether oxygens (including phenoxy) is 2. The molecule has 0 spiro atoms. The van der Waals surface area contributed by atoms with Gasteiger partial charge in [0.1, 0.15) is 11.5 Å². The molecule has 1 fully saturated rings. The van der Waals surface area contributed by atoms with Crippen LogP contribution in [0, 0.1) is 13.8 Å². The van der Waals surface area contributed by atoms with Gasteiger partial charge in [-0.3, -0.25) is 0 Å². The fourth-order valence-corrected chi connectivity index (χ4v) is 3.44. The number of aryl methyl sites for hydroxylation is 2. The summed E-state index contributed by atoms with van der Waals surface area (Å²) in [6.07, 6.45) is 2.01. The van der Waals surface area contributed by atoms with Gasteiger partial charge >= 0.3 is 6.03 Å². The summed E-state index contributed by atoms with van der Waals surface area (Å²) < 4.78 is 10.6. The monoisotopic (exact) mass is 383 g/mol. The summed E-state index contributed by atoms with van der Waals surface area (Å²) in [6.45, 7) is 5.63. The number of likely N-dealkylation sites (tertiary alicyclic amines) is 1. The van der Waals surface area contributed by atoms with Crippen LogP contribution >= 0.6 is 0 Å². The van der Waals surface area contributed by atoms with E-state index in [0.717, 1.165) is 25.1 Å². The number of amides is 2. The number of nitrogens with one attached hydrogen (secondary N) is 2. The van der Waals surface area contributed by atoms with Gasteiger partial charge in [0.05, 0.1) is 19.9 Å². The van der Waals surface area contributed by atoms with Gasteiger partial charge in [-0.15, -0.1) is 0 Å². The van der Waals surface area contributed by atoms with E-state index in [1.54, 1.807) is 32.4 Å². The van der Waals surface area contributed by atoms with Gasteiger partial charge in [-0.05, 0) is 62.1 Å². The number of methoxy groups -OCH3 is 2. The molecule has 0 saturated carbocycles. The predicted molar refractivity (Wildman–Crippen MR) is 113 cm³/mol. The highest BCUT2D eigenvalue weighted by Crippen LogP contribution is 2.29. The van der Waals surface area contributed by atoms with E-state index in [2.05, 4.69) is 42.7 Å². The lowest BCUT2D eigenvalue weighted by Crippen LogP contribution is -2.46. The fourth-order valence-electron chi connectivity index (χ4n) is 3.44. The van der Waals surface area contributed by atoms with Crippen molar-refractivity contribution in [2.24, 2.45) is 0 Å². The Labute approximate surface area is 166 Å². The molecule has 2 aromatic rings. The molecule has 0 radical (unpaired) electrons. The van der Waals surface area contributed by atoms with Crippen molar-refractivity contribution in [3.8, 4) is 11.5 Å². The molecule has 28 heavy (non-hydrogen) atoms. The molecule has 2 N–H and O–H groups in total. The molecule has 150 valence electrons. The van der Waals surface area contributed by atoms with Crippen molar-refractivity contribution in [1.29, 1.82) is 0 Å². The molecule has 1 heterocycles. The molecule has 2 aromatic carbocycles. The number of benzene rings is 2. The van der Waals surface area contributed by atoms with Crippen LogP contribution in [0.5, 0.6) is 11.5 Å². The summed E-state index contributed by atoms with van der Waals surface area (Å²) in [5, 5.41) is 6.53. The van der Waals surface area contributed by atoms with E-state index in [4.69, 9.17) is 9.47 Å². The third-order valence-corrected chi connectivity index (χ3v) is 5.24. The Morgan fingerprint density at radius 1 is 1.07 bits per heavy atom. The van der Waals surface area contributed by atoms with Gasteiger partial charge < -0.3 is 25.0 Å². The maximum absolute atomic E-state index is 12.8. The summed E-state index contributed by atoms with van der Waals surface area (Å²) >= 11 is 0. The largest absolute Gasteiger partial charge is 0.497 e. The van der Waals surface area contributed by atoms with Crippen LogP contribution in [-0.2, 0) is 0 Å². The average molecular weight is 383 g/mol. The van der Waals surface area contributed by atoms with Gasteiger partial charge in [0.2, 0.25) is 0 Å². The number of hydrogen-bond donors (Lipinski definition) is 2. The van der Waals surface area contributed by atoms with Crippen molar-refractivity contribution in [3.63, 3.8) is 0 Å². The minimum absolute atomic E-state index is 0.116. The lowest BCUT2D eigenvalue weighted by atomic mass is 10.0. The number of piperidine rings is 1. The van der Waals surface area contributed by atoms with Gasteiger partial charge in [0.15, 0.2) is 0 Å². The first-order chi connectivity index (χ1) is 13.5. The first-order valence-electron chi connectivity index (χ1n) is 9.62. The van der Waals surface area contributed by atoms with Crippen molar-refractivity contribution < 1.29 is 14.3 Å². The number of urea groups is 1. The summed E-state index contributed by atoms with van der Waals surface area (Å²) in [4.78, 5) is 14.6. The van der Waals surface area contributed by atoms with Crippen LogP contribution in [0.25, 0.3) is 0 Å². The molecule has 0 unspecified atom stereocenters. The minimum atomic E-state index is -0.116. The van der Waals surface area contributed by atoms with Crippen molar-refractivity contribution in [1.82, 2.24) is 4.90 Å². The molecule has 1 aliphatic heterocycles. The molecule has 1 aliphatic rings. The normalized spacial score (nSPS) is 16.4. The number of nitrogens with zero attached hydrogens (tertiary/aromatic N) is 1. The second-order valence-corrected chi connectivity index (χ2v) is 7.22. The third kappa shape index (κ3) is 4.68. The highest BCUT2D eigenvalue weighted by Gasteiger charge is 2.24. The highest BCUT2D eigenvalue weighted by molar-refractivity contribution is 5.91. The quantitative estimate of drug-likeness (QED) is 0.802. The van der Waals surface area contributed by atoms with Crippen LogP contribution in [0.3, 0.4) is 0 Å².